The SMILES string of the molecule is CCCCN(CCCC[N+](C)(C)C)C(=O)CN1C[C@H](c2cc(OC)c3c(c2)OCO3)[C@@H](C(=O)O)[C@@H]1Cc1ccccc1OC. The van der Waals surface area contributed by atoms with Crippen LogP contribution in [0.1, 0.15) is 49.7 Å². The van der Waals surface area contributed by atoms with Gasteiger partial charge >= 0.3 is 5.97 Å². The Morgan fingerprint density at radius 1 is 1.02 bits per heavy atom. The maximum atomic E-state index is 13.9. The summed E-state index contributed by atoms with van der Waals surface area (Å²) in [4.78, 5) is 31.0. The smallest absolute Gasteiger partial charge is 0.308 e. The number of carbonyl (C=O) groups is 2. The molecule has 2 aliphatic heterocycles. The second-order valence-corrected chi connectivity index (χ2v) is 12.9. The van der Waals surface area contributed by atoms with Crippen LogP contribution in [-0.4, -0.2) is 112 Å². The number of fused-ring (bicyclic) bond motifs is 1. The molecule has 10 nitrogen and oxygen atoms in total. The highest BCUT2D eigenvalue weighted by atomic mass is 16.7. The predicted octanol–water partition coefficient (Wildman–Crippen LogP) is 4.26. The highest BCUT2D eigenvalue weighted by Gasteiger charge is 2.48. The first kappa shape index (κ1) is 33.4. The van der Waals surface area contributed by atoms with Crippen molar-refractivity contribution < 1.29 is 38.1 Å². The molecule has 0 saturated carbocycles. The number of hydrogen-bond donors (Lipinski definition) is 1. The number of likely N-dealkylation sites (tertiary alicyclic amines) is 1. The molecule has 2 aliphatic rings. The lowest BCUT2D eigenvalue weighted by atomic mass is 9.83. The van der Waals surface area contributed by atoms with E-state index in [4.69, 9.17) is 18.9 Å². The van der Waals surface area contributed by atoms with Gasteiger partial charge in [0.15, 0.2) is 11.5 Å². The standard InChI is InChI=1S/C34H49N3O7/c1-7-8-15-35(16-11-12-17-37(2,3)4)31(38)22-36-21-26(25-19-29(42-6)33-30(20-25)43-23-44-33)32(34(39)40)27(36)18-24-13-9-10-14-28(24)41-5/h9-10,13-14,19-20,26-27,32H,7-8,11-12,15-18,21-23H2,1-6H3/p+1/t26-,27+,32-/m1/s1. The third kappa shape index (κ3) is 8.15. The number of benzene rings is 2. The van der Waals surface area contributed by atoms with Crippen LogP contribution in [-0.2, 0) is 16.0 Å². The number of nitrogens with zero attached hydrogens (tertiary/aromatic N) is 3. The third-order valence-corrected chi connectivity index (χ3v) is 8.74. The lowest BCUT2D eigenvalue weighted by Crippen LogP contribution is -2.45. The summed E-state index contributed by atoms with van der Waals surface area (Å²) in [5, 5.41) is 10.7. The summed E-state index contributed by atoms with van der Waals surface area (Å²) in [7, 11) is 9.72. The van der Waals surface area contributed by atoms with Crippen LogP contribution in [0.4, 0.5) is 0 Å². The summed E-state index contributed by atoms with van der Waals surface area (Å²) in [6, 6.07) is 11.0. The van der Waals surface area contributed by atoms with Gasteiger partial charge in [0.1, 0.15) is 5.75 Å². The van der Waals surface area contributed by atoms with Crippen LogP contribution >= 0.6 is 0 Å². The molecule has 0 aliphatic carbocycles. The van der Waals surface area contributed by atoms with Gasteiger partial charge in [0.25, 0.3) is 0 Å². The normalized spacial score (nSPS) is 19.6. The maximum Gasteiger partial charge on any atom is 0.308 e. The van der Waals surface area contributed by atoms with Crippen LogP contribution in [0.2, 0.25) is 0 Å². The summed E-state index contributed by atoms with van der Waals surface area (Å²) in [6.45, 7) is 5.23. The fourth-order valence-corrected chi connectivity index (χ4v) is 6.42. The average Bonchev–Trinajstić information content (AvgIpc) is 3.61. The Balaban J connectivity index is 1.64. The summed E-state index contributed by atoms with van der Waals surface area (Å²) >= 11 is 0. The van der Waals surface area contributed by atoms with E-state index in [1.165, 1.54) is 0 Å². The van der Waals surface area contributed by atoms with Crippen molar-refractivity contribution in [2.24, 2.45) is 5.92 Å². The number of carboxylic acid groups (broad SMARTS) is 1. The van der Waals surface area contributed by atoms with Crippen molar-refractivity contribution in [3.63, 3.8) is 0 Å². The Bertz CT molecular complexity index is 1280. The van der Waals surface area contributed by atoms with E-state index in [0.29, 0.717) is 49.1 Å². The van der Waals surface area contributed by atoms with Crippen LogP contribution in [0.5, 0.6) is 23.0 Å². The minimum absolute atomic E-state index is 0.0433. The molecule has 1 N–H and O–H groups in total. The second-order valence-electron chi connectivity index (χ2n) is 12.9. The molecular formula is C34H50N3O7+. The van der Waals surface area contributed by atoms with Crippen molar-refractivity contribution in [1.82, 2.24) is 9.80 Å². The van der Waals surface area contributed by atoms with Crippen LogP contribution in [0.3, 0.4) is 0 Å². The fraction of sp³-hybridized carbons (Fsp3) is 0.588. The maximum absolute atomic E-state index is 13.9. The number of para-hydroxylation sites is 1. The number of methoxy groups -OCH3 is 2. The Kier molecular flexibility index (Phi) is 11.4. The zero-order valence-electron chi connectivity index (χ0n) is 27.2. The van der Waals surface area contributed by atoms with Gasteiger partial charge in [-0.3, -0.25) is 14.5 Å². The van der Waals surface area contributed by atoms with Gasteiger partial charge in [-0.1, -0.05) is 31.5 Å². The van der Waals surface area contributed by atoms with Crippen molar-refractivity contribution >= 4 is 11.9 Å². The van der Waals surface area contributed by atoms with E-state index >= 15 is 0 Å². The largest absolute Gasteiger partial charge is 0.496 e. The topological polar surface area (TPSA) is 97.8 Å². The minimum atomic E-state index is -0.898. The van der Waals surface area contributed by atoms with Crippen molar-refractivity contribution in [2.75, 3.05) is 74.9 Å². The van der Waals surface area contributed by atoms with Crippen LogP contribution in [0, 0.1) is 5.92 Å². The lowest BCUT2D eigenvalue weighted by Gasteiger charge is -2.30. The Hall–Kier alpha value is -3.50. The van der Waals surface area contributed by atoms with Gasteiger partial charge in [-0.05, 0) is 55.0 Å². The van der Waals surface area contributed by atoms with E-state index in [-0.39, 0.29) is 19.2 Å². The zero-order chi connectivity index (χ0) is 31.9. The molecule has 2 heterocycles. The zero-order valence-corrected chi connectivity index (χ0v) is 27.2. The van der Waals surface area contributed by atoms with Gasteiger partial charge in [0, 0.05) is 31.6 Å². The van der Waals surface area contributed by atoms with E-state index in [9.17, 15) is 14.7 Å². The molecule has 242 valence electrons. The van der Waals surface area contributed by atoms with E-state index in [0.717, 1.165) is 47.8 Å². The molecule has 10 heteroatoms. The van der Waals surface area contributed by atoms with E-state index < -0.39 is 23.8 Å². The molecule has 44 heavy (non-hydrogen) atoms. The van der Waals surface area contributed by atoms with Crippen molar-refractivity contribution in [3.05, 3.63) is 47.5 Å². The average molecular weight is 613 g/mol. The summed E-state index contributed by atoms with van der Waals surface area (Å²) in [5.74, 6) is 0.261. The quantitative estimate of drug-likeness (QED) is 0.222. The first-order chi connectivity index (χ1) is 21.1. The van der Waals surface area contributed by atoms with Crippen LogP contribution < -0.4 is 18.9 Å². The predicted molar refractivity (Wildman–Crippen MR) is 169 cm³/mol. The second kappa shape index (κ2) is 15.0. The Labute approximate surface area is 262 Å². The number of unbranched alkanes of at least 4 members (excludes halogenated alkanes) is 2. The molecule has 0 bridgehead atoms. The summed E-state index contributed by atoms with van der Waals surface area (Å²) in [6.07, 6.45) is 4.34. The van der Waals surface area contributed by atoms with E-state index in [1.54, 1.807) is 14.2 Å². The number of rotatable bonds is 16. The first-order valence-corrected chi connectivity index (χ1v) is 15.7. The molecule has 0 radical (unpaired) electrons. The van der Waals surface area contributed by atoms with Gasteiger partial charge in [-0.25, -0.2) is 0 Å². The Morgan fingerprint density at radius 2 is 1.75 bits per heavy atom. The fourth-order valence-electron chi connectivity index (χ4n) is 6.42. The highest BCUT2D eigenvalue weighted by molar-refractivity contribution is 5.79. The number of carboxylic acids is 1. The number of ether oxygens (including phenoxy) is 4. The number of aliphatic carboxylic acids is 1. The van der Waals surface area contributed by atoms with E-state index in [1.807, 2.05) is 41.3 Å². The summed E-state index contributed by atoms with van der Waals surface area (Å²) < 4.78 is 23.4. The molecule has 4 rings (SSSR count). The number of amides is 1. The molecule has 2 aromatic rings. The van der Waals surface area contributed by atoms with Crippen LogP contribution in [0.15, 0.2) is 36.4 Å². The highest BCUT2D eigenvalue weighted by Crippen LogP contribution is 2.47. The molecule has 2 aromatic carbocycles. The van der Waals surface area contributed by atoms with Gasteiger partial charge in [0.2, 0.25) is 18.4 Å². The van der Waals surface area contributed by atoms with Crippen LogP contribution in [0.25, 0.3) is 0 Å². The number of carbonyl (C=O) groups excluding carboxylic acids is 1. The molecule has 1 fully saturated rings. The Morgan fingerprint density at radius 3 is 2.43 bits per heavy atom. The van der Waals surface area contributed by atoms with Crippen molar-refractivity contribution in [1.29, 1.82) is 0 Å². The molecule has 0 spiro atoms. The number of quaternary nitrogens is 1. The van der Waals surface area contributed by atoms with Crippen molar-refractivity contribution in [3.8, 4) is 23.0 Å². The minimum Gasteiger partial charge on any atom is -0.496 e. The molecule has 0 aromatic heterocycles. The molecule has 1 saturated heterocycles. The lowest BCUT2D eigenvalue weighted by molar-refractivity contribution is -0.870. The number of hydrogen-bond acceptors (Lipinski definition) is 7. The van der Waals surface area contributed by atoms with Gasteiger partial charge in [0.05, 0.1) is 54.4 Å². The molecular weight excluding hydrogens is 562 g/mol. The summed E-state index contributed by atoms with van der Waals surface area (Å²) in [5.41, 5.74) is 1.71. The first-order valence-electron chi connectivity index (χ1n) is 15.7. The van der Waals surface area contributed by atoms with Gasteiger partial charge < -0.3 is 33.4 Å². The molecule has 0 unspecified atom stereocenters. The van der Waals surface area contributed by atoms with Crippen molar-refractivity contribution in [2.45, 2.75) is 51.0 Å². The van der Waals surface area contributed by atoms with Gasteiger partial charge in [-0.2, -0.15) is 0 Å². The molecule has 1 amide bonds. The van der Waals surface area contributed by atoms with Gasteiger partial charge in [-0.15, -0.1) is 0 Å². The third-order valence-electron chi connectivity index (χ3n) is 8.74. The molecule has 3 atom stereocenters. The monoisotopic (exact) mass is 612 g/mol. The van der Waals surface area contributed by atoms with E-state index in [2.05, 4.69) is 33.0 Å².